The average molecular weight is 498 g/mol. The number of ether oxygens (including phenoxy) is 3. The van der Waals surface area contributed by atoms with Crippen LogP contribution in [0.3, 0.4) is 0 Å². The standard InChI is InChI=1S/C22H31N3O8S/c1-15(2)13-23-22(28)24-20(26)14-33-21(27)16-6-8-25(9-7-16)34(29,30)17-4-5-18-19(12-17)32-11-3-10-31-18/h4-5,12,15-16H,3,6-11,13-14H2,1-2H3,(H2,23,24,26,28). The normalized spacial score (nSPS) is 17.0. The molecule has 2 aliphatic heterocycles. The van der Waals surface area contributed by atoms with E-state index in [1.54, 1.807) is 6.07 Å². The van der Waals surface area contributed by atoms with E-state index in [-0.39, 0.29) is 36.7 Å². The predicted octanol–water partition coefficient (Wildman–Crippen LogP) is 1.27. The number of carbonyl (C=O) groups is 3. The van der Waals surface area contributed by atoms with E-state index in [2.05, 4.69) is 10.6 Å². The second kappa shape index (κ2) is 11.5. The first kappa shape index (κ1) is 25.8. The van der Waals surface area contributed by atoms with Crippen molar-refractivity contribution in [2.45, 2.75) is 38.0 Å². The molecule has 11 nitrogen and oxygen atoms in total. The Hall–Kier alpha value is -2.86. The van der Waals surface area contributed by atoms with Crippen LogP contribution in [0.4, 0.5) is 4.79 Å². The van der Waals surface area contributed by atoms with Gasteiger partial charge in [0.15, 0.2) is 18.1 Å². The Labute approximate surface area is 199 Å². The van der Waals surface area contributed by atoms with E-state index in [1.807, 2.05) is 13.8 Å². The molecule has 1 fully saturated rings. The fraction of sp³-hybridized carbons (Fsp3) is 0.591. The number of amides is 3. The lowest BCUT2D eigenvalue weighted by atomic mass is 9.98. The summed E-state index contributed by atoms with van der Waals surface area (Å²) in [6.07, 6.45) is 1.24. The van der Waals surface area contributed by atoms with Crippen LogP contribution in [0.15, 0.2) is 23.1 Å². The van der Waals surface area contributed by atoms with Gasteiger partial charge >= 0.3 is 12.0 Å². The van der Waals surface area contributed by atoms with Crippen molar-refractivity contribution in [1.29, 1.82) is 0 Å². The van der Waals surface area contributed by atoms with E-state index >= 15 is 0 Å². The van der Waals surface area contributed by atoms with Crippen LogP contribution in [-0.4, -0.2) is 70.1 Å². The molecule has 1 saturated heterocycles. The number of urea groups is 1. The number of nitrogens with zero attached hydrogens (tertiary/aromatic N) is 1. The molecule has 0 aromatic heterocycles. The second-order valence-corrected chi connectivity index (χ2v) is 10.5. The number of sulfonamides is 1. The summed E-state index contributed by atoms with van der Waals surface area (Å²) in [5.74, 6) is -0.716. The Bertz CT molecular complexity index is 1000. The van der Waals surface area contributed by atoms with E-state index in [4.69, 9.17) is 14.2 Å². The summed E-state index contributed by atoms with van der Waals surface area (Å²) in [7, 11) is -3.77. The lowest BCUT2D eigenvalue weighted by Crippen LogP contribution is -2.43. The SMILES string of the molecule is CC(C)CNC(=O)NC(=O)COC(=O)C1CCN(S(=O)(=O)c2ccc3c(c2)OCCCO3)CC1. The van der Waals surface area contributed by atoms with Crippen LogP contribution in [0.5, 0.6) is 11.5 Å². The van der Waals surface area contributed by atoms with Crippen LogP contribution in [0, 0.1) is 11.8 Å². The maximum Gasteiger partial charge on any atom is 0.321 e. The third-order valence-electron chi connectivity index (χ3n) is 5.41. The van der Waals surface area contributed by atoms with Gasteiger partial charge in [0.1, 0.15) is 0 Å². The van der Waals surface area contributed by atoms with Crippen LogP contribution >= 0.6 is 0 Å². The van der Waals surface area contributed by atoms with Gasteiger partial charge in [-0.25, -0.2) is 13.2 Å². The maximum absolute atomic E-state index is 13.1. The fourth-order valence-electron chi connectivity index (χ4n) is 3.54. The number of esters is 1. The number of hydrogen-bond donors (Lipinski definition) is 2. The molecule has 2 heterocycles. The zero-order chi connectivity index (χ0) is 24.7. The highest BCUT2D eigenvalue weighted by molar-refractivity contribution is 7.89. The molecule has 0 radical (unpaired) electrons. The van der Waals surface area contributed by atoms with Crippen LogP contribution in [-0.2, 0) is 24.3 Å². The molecule has 3 rings (SSSR count). The summed E-state index contributed by atoms with van der Waals surface area (Å²) in [4.78, 5) is 35.8. The van der Waals surface area contributed by atoms with Gasteiger partial charge in [-0.15, -0.1) is 0 Å². The van der Waals surface area contributed by atoms with Crippen molar-refractivity contribution in [3.05, 3.63) is 18.2 Å². The van der Waals surface area contributed by atoms with Gasteiger partial charge in [-0.1, -0.05) is 13.8 Å². The molecule has 3 amide bonds. The molecule has 0 spiro atoms. The molecule has 1 aromatic carbocycles. The molecule has 188 valence electrons. The Morgan fingerprint density at radius 1 is 1.12 bits per heavy atom. The van der Waals surface area contributed by atoms with Crippen molar-refractivity contribution >= 4 is 27.9 Å². The Morgan fingerprint density at radius 2 is 1.79 bits per heavy atom. The number of benzene rings is 1. The number of fused-ring (bicyclic) bond motifs is 1. The number of imide groups is 1. The quantitative estimate of drug-likeness (QED) is 0.537. The first-order valence-electron chi connectivity index (χ1n) is 11.3. The lowest BCUT2D eigenvalue weighted by Gasteiger charge is -2.30. The van der Waals surface area contributed by atoms with E-state index in [9.17, 15) is 22.8 Å². The van der Waals surface area contributed by atoms with Crippen LogP contribution in [0.25, 0.3) is 0 Å². The molecule has 2 aliphatic rings. The minimum absolute atomic E-state index is 0.102. The summed E-state index contributed by atoms with van der Waals surface area (Å²) >= 11 is 0. The summed E-state index contributed by atoms with van der Waals surface area (Å²) < 4.78 is 43.6. The lowest BCUT2D eigenvalue weighted by molar-refractivity contribution is -0.153. The van der Waals surface area contributed by atoms with Gasteiger partial charge in [0.05, 0.1) is 24.0 Å². The topological polar surface area (TPSA) is 140 Å². The van der Waals surface area contributed by atoms with Gasteiger partial charge in [-0.05, 0) is 30.9 Å². The number of rotatable bonds is 7. The minimum atomic E-state index is -3.77. The van der Waals surface area contributed by atoms with Crippen molar-refractivity contribution < 1.29 is 37.0 Å². The minimum Gasteiger partial charge on any atom is -0.490 e. The smallest absolute Gasteiger partial charge is 0.321 e. The van der Waals surface area contributed by atoms with Gasteiger partial charge < -0.3 is 19.5 Å². The molecular formula is C22H31N3O8S. The molecule has 0 bridgehead atoms. The summed E-state index contributed by atoms with van der Waals surface area (Å²) in [6, 6.07) is 3.89. The van der Waals surface area contributed by atoms with Crippen molar-refractivity contribution in [2.24, 2.45) is 11.8 Å². The highest BCUT2D eigenvalue weighted by Gasteiger charge is 2.33. The van der Waals surface area contributed by atoms with E-state index in [0.717, 1.165) is 0 Å². The summed E-state index contributed by atoms with van der Waals surface area (Å²) in [5, 5.41) is 4.62. The molecule has 2 N–H and O–H groups in total. The molecule has 0 aliphatic carbocycles. The van der Waals surface area contributed by atoms with E-state index < -0.39 is 40.5 Å². The number of piperidine rings is 1. The Balaban J connectivity index is 1.48. The number of hydrogen-bond acceptors (Lipinski definition) is 8. The Morgan fingerprint density at radius 3 is 2.47 bits per heavy atom. The van der Waals surface area contributed by atoms with Gasteiger partial charge in [-0.2, -0.15) is 4.31 Å². The first-order valence-corrected chi connectivity index (χ1v) is 12.7. The van der Waals surface area contributed by atoms with Gasteiger partial charge in [0.2, 0.25) is 10.0 Å². The fourth-order valence-corrected chi connectivity index (χ4v) is 5.03. The van der Waals surface area contributed by atoms with Crippen molar-refractivity contribution in [3.63, 3.8) is 0 Å². The highest BCUT2D eigenvalue weighted by atomic mass is 32.2. The third-order valence-corrected chi connectivity index (χ3v) is 7.31. The summed E-state index contributed by atoms with van der Waals surface area (Å²) in [6.45, 7) is 4.90. The van der Waals surface area contributed by atoms with E-state index in [0.29, 0.717) is 37.7 Å². The third kappa shape index (κ3) is 6.83. The van der Waals surface area contributed by atoms with Crippen LogP contribution in [0.2, 0.25) is 0 Å². The first-order chi connectivity index (χ1) is 16.2. The molecule has 12 heteroatoms. The van der Waals surface area contributed by atoms with Crippen molar-refractivity contribution in [1.82, 2.24) is 14.9 Å². The zero-order valence-electron chi connectivity index (χ0n) is 19.4. The maximum atomic E-state index is 13.1. The Kier molecular flexibility index (Phi) is 8.72. The highest BCUT2D eigenvalue weighted by Crippen LogP contribution is 2.33. The monoisotopic (exact) mass is 497 g/mol. The average Bonchev–Trinajstić information content (AvgIpc) is 3.06. The van der Waals surface area contributed by atoms with Gasteiger partial charge in [0.25, 0.3) is 5.91 Å². The number of carbonyl (C=O) groups excluding carboxylic acids is 3. The van der Waals surface area contributed by atoms with E-state index in [1.165, 1.54) is 16.4 Å². The second-order valence-electron chi connectivity index (χ2n) is 8.60. The molecule has 34 heavy (non-hydrogen) atoms. The van der Waals surface area contributed by atoms with Gasteiger partial charge in [-0.3, -0.25) is 14.9 Å². The molecular weight excluding hydrogens is 466 g/mol. The van der Waals surface area contributed by atoms with Crippen LogP contribution in [0.1, 0.15) is 33.1 Å². The van der Waals surface area contributed by atoms with Crippen molar-refractivity contribution in [2.75, 3.05) is 39.5 Å². The van der Waals surface area contributed by atoms with Crippen molar-refractivity contribution in [3.8, 4) is 11.5 Å². The summed E-state index contributed by atoms with van der Waals surface area (Å²) in [5.41, 5.74) is 0. The number of nitrogens with one attached hydrogen (secondary N) is 2. The largest absolute Gasteiger partial charge is 0.490 e. The molecule has 1 aromatic rings. The molecule has 0 unspecified atom stereocenters. The molecule has 0 saturated carbocycles. The zero-order valence-corrected chi connectivity index (χ0v) is 20.2. The predicted molar refractivity (Wildman–Crippen MR) is 121 cm³/mol. The van der Waals surface area contributed by atoms with Crippen LogP contribution < -0.4 is 20.1 Å². The van der Waals surface area contributed by atoms with Gasteiger partial charge in [0, 0.05) is 32.1 Å². The molecule has 0 atom stereocenters.